The maximum atomic E-state index is 11.9. The van der Waals surface area contributed by atoms with Crippen LogP contribution in [0.4, 0.5) is 0 Å². The van der Waals surface area contributed by atoms with Gasteiger partial charge in [-0.3, -0.25) is 4.98 Å². The van der Waals surface area contributed by atoms with Gasteiger partial charge in [-0.2, -0.15) is 0 Å². The van der Waals surface area contributed by atoms with Crippen LogP contribution >= 0.6 is 11.6 Å². The Morgan fingerprint density at radius 3 is 2.31 bits per heavy atom. The number of benzene rings is 2. The molecule has 0 unspecified atom stereocenters. The van der Waals surface area contributed by atoms with Crippen molar-refractivity contribution in [3.63, 3.8) is 0 Å². The number of hydrogen-bond acceptors (Lipinski definition) is 4. The molecular weight excluding hydrogens is 386 g/mol. The molecule has 0 aliphatic carbocycles. The molecule has 5 heteroatoms. The van der Waals surface area contributed by atoms with E-state index in [1.165, 1.54) is 11.8 Å². The number of carbonyl (C=O) groups excluding carboxylic acids is 1. The van der Waals surface area contributed by atoms with Gasteiger partial charge in [0.25, 0.3) is 0 Å². The van der Waals surface area contributed by atoms with Crippen LogP contribution in [0.25, 0.3) is 0 Å². The predicted molar refractivity (Wildman–Crippen MR) is 115 cm³/mol. The molecule has 0 spiro atoms. The van der Waals surface area contributed by atoms with Crippen LogP contribution in [0.1, 0.15) is 34.3 Å². The van der Waals surface area contributed by atoms with E-state index >= 15 is 0 Å². The van der Waals surface area contributed by atoms with E-state index in [2.05, 4.69) is 17.1 Å². The number of carbonyl (C=O) groups is 1. The van der Waals surface area contributed by atoms with Gasteiger partial charge in [-0.15, -0.1) is 0 Å². The zero-order valence-corrected chi connectivity index (χ0v) is 17.0. The van der Waals surface area contributed by atoms with Gasteiger partial charge in [0.2, 0.25) is 0 Å². The van der Waals surface area contributed by atoms with Crippen LogP contribution in [0, 0.1) is 0 Å². The number of aromatic nitrogens is 1. The number of esters is 1. The summed E-state index contributed by atoms with van der Waals surface area (Å²) in [5.41, 5.74) is 2.86. The highest BCUT2D eigenvalue weighted by molar-refractivity contribution is 6.30. The minimum absolute atomic E-state index is 0.332. The Kier molecular flexibility index (Phi) is 8.08. The van der Waals surface area contributed by atoms with E-state index in [0.717, 1.165) is 35.6 Å². The highest BCUT2D eigenvalue weighted by Crippen LogP contribution is 2.15. The molecule has 2 aromatic carbocycles. The van der Waals surface area contributed by atoms with Crippen LogP contribution in [0.2, 0.25) is 5.02 Å². The van der Waals surface area contributed by atoms with Crippen molar-refractivity contribution in [2.24, 2.45) is 0 Å². The van der Waals surface area contributed by atoms with Crippen molar-refractivity contribution in [2.75, 3.05) is 13.2 Å². The zero-order valence-electron chi connectivity index (χ0n) is 16.2. The molecule has 0 N–H and O–H groups in total. The third-order valence-electron chi connectivity index (χ3n) is 4.49. The van der Waals surface area contributed by atoms with Crippen molar-refractivity contribution in [3.8, 4) is 5.75 Å². The molecule has 0 saturated carbocycles. The Bertz CT molecular complexity index is 880. The quantitative estimate of drug-likeness (QED) is 0.326. The lowest BCUT2D eigenvalue weighted by Crippen LogP contribution is -2.08. The molecular formula is C24H24ClNO3. The predicted octanol–water partition coefficient (Wildman–Crippen LogP) is 5.54. The van der Waals surface area contributed by atoms with Gasteiger partial charge in [-0.25, -0.2) is 4.79 Å². The van der Waals surface area contributed by atoms with Crippen LogP contribution in [-0.4, -0.2) is 24.2 Å². The minimum Gasteiger partial charge on any atom is -0.494 e. The van der Waals surface area contributed by atoms with Gasteiger partial charge in [0.1, 0.15) is 5.75 Å². The summed E-state index contributed by atoms with van der Waals surface area (Å²) >= 11 is 5.90. The van der Waals surface area contributed by atoms with E-state index < -0.39 is 0 Å². The molecule has 3 rings (SSSR count). The first-order valence-corrected chi connectivity index (χ1v) is 10.1. The summed E-state index contributed by atoms with van der Waals surface area (Å²) in [5, 5.41) is 0.771. The Morgan fingerprint density at radius 2 is 1.59 bits per heavy atom. The Balaban J connectivity index is 1.31. The van der Waals surface area contributed by atoms with Crippen molar-refractivity contribution in [1.82, 2.24) is 4.98 Å². The number of nitrogens with zero attached hydrogens (tertiary/aromatic N) is 1. The number of ether oxygens (including phenoxy) is 2. The summed E-state index contributed by atoms with van der Waals surface area (Å²) in [5.74, 6) is 0.504. The van der Waals surface area contributed by atoms with E-state index in [1.807, 2.05) is 36.4 Å². The van der Waals surface area contributed by atoms with Gasteiger partial charge in [-0.1, -0.05) is 35.9 Å². The normalized spacial score (nSPS) is 10.5. The van der Waals surface area contributed by atoms with Crippen molar-refractivity contribution in [1.29, 1.82) is 0 Å². The standard InChI is InChI=1S/C24H24ClNO3/c25-22-10-6-19(7-11-22)4-1-2-16-28-23-12-8-20(9-13-23)14-17-29-24(27)21-5-3-15-26-18-21/h3,5-13,15,18H,1-2,4,14,16-17H2. The number of pyridine rings is 1. The topological polar surface area (TPSA) is 48.4 Å². The maximum absolute atomic E-state index is 11.9. The first kappa shape index (κ1) is 20.9. The van der Waals surface area contributed by atoms with Gasteiger partial charge in [0, 0.05) is 23.8 Å². The van der Waals surface area contributed by atoms with Crippen molar-refractivity contribution < 1.29 is 14.3 Å². The smallest absolute Gasteiger partial charge is 0.339 e. The van der Waals surface area contributed by atoms with Crippen LogP contribution in [0.3, 0.4) is 0 Å². The second-order valence-electron chi connectivity index (χ2n) is 6.70. The molecule has 0 aliphatic rings. The minimum atomic E-state index is -0.350. The summed E-state index contributed by atoms with van der Waals surface area (Å²) in [7, 11) is 0. The van der Waals surface area contributed by atoms with E-state index in [9.17, 15) is 4.79 Å². The second-order valence-corrected chi connectivity index (χ2v) is 7.14. The Labute approximate surface area is 176 Å². The first-order chi connectivity index (χ1) is 14.2. The fourth-order valence-electron chi connectivity index (χ4n) is 2.85. The van der Waals surface area contributed by atoms with Gasteiger partial charge < -0.3 is 9.47 Å². The first-order valence-electron chi connectivity index (χ1n) is 9.74. The van der Waals surface area contributed by atoms with Crippen molar-refractivity contribution in [3.05, 3.63) is 94.8 Å². The molecule has 0 aliphatic heterocycles. The van der Waals surface area contributed by atoms with E-state index in [0.29, 0.717) is 25.2 Å². The number of hydrogen-bond donors (Lipinski definition) is 0. The van der Waals surface area contributed by atoms with E-state index in [4.69, 9.17) is 21.1 Å². The molecule has 29 heavy (non-hydrogen) atoms. The molecule has 1 heterocycles. The largest absolute Gasteiger partial charge is 0.494 e. The number of rotatable bonds is 10. The lowest BCUT2D eigenvalue weighted by Gasteiger charge is -2.08. The van der Waals surface area contributed by atoms with E-state index in [-0.39, 0.29) is 5.97 Å². The van der Waals surface area contributed by atoms with Gasteiger partial charge in [0.05, 0.1) is 18.8 Å². The van der Waals surface area contributed by atoms with Gasteiger partial charge >= 0.3 is 5.97 Å². The summed E-state index contributed by atoms with van der Waals surface area (Å²) < 4.78 is 11.1. The van der Waals surface area contributed by atoms with Gasteiger partial charge in [0.15, 0.2) is 0 Å². The Hall–Kier alpha value is -2.85. The highest BCUT2D eigenvalue weighted by atomic mass is 35.5. The molecule has 0 radical (unpaired) electrons. The van der Waals surface area contributed by atoms with E-state index in [1.54, 1.807) is 18.3 Å². The molecule has 0 fully saturated rings. The lowest BCUT2D eigenvalue weighted by molar-refractivity contribution is 0.0509. The summed E-state index contributed by atoms with van der Waals surface area (Å²) in [4.78, 5) is 15.8. The highest BCUT2D eigenvalue weighted by Gasteiger charge is 2.06. The molecule has 1 aromatic heterocycles. The average Bonchev–Trinajstić information content (AvgIpc) is 2.76. The van der Waals surface area contributed by atoms with Crippen LogP contribution in [-0.2, 0) is 17.6 Å². The molecule has 0 amide bonds. The molecule has 0 saturated heterocycles. The monoisotopic (exact) mass is 409 g/mol. The summed E-state index contributed by atoms with van der Waals surface area (Å²) in [6.45, 7) is 1.02. The lowest BCUT2D eigenvalue weighted by atomic mass is 10.1. The van der Waals surface area contributed by atoms with Crippen LogP contribution < -0.4 is 4.74 Å². The SMILES string of the molecule is O=C(OCCc1ccc(OCCCCc2ccc(Cl)cc2)cc1)c1cccnc1. The number of unbranched alkanes of at least 4 members (excludes halogenated alkanes) is 1. The average molecular weight is 410 g/mol. The number of halogens is 1. The molecule has 3 aromatic rings. The summed E-state index contributed by atoms with van der Waals surface area (Å²) in [6.07, 6.45) is 6.88. The molecule has 4 nitrogen and oxygen atoms in total. The van der Waals surface area contributed by atoms with Crippen molar-refractivity contribution in [2.45, 2.75) is 25.7 Å². The van der Waals surface area contributed by atoms with Crippen LogP contribution in [0.5, 0.6) is 5.75 Å². The fourth-order valence-corrected chi connectivity index (χ4v) is 2.98. The third-order valence-corrected chi connectivity index (χ3v) is 4.74. The van der Waals surface area contributed by atoms with Gasteiger partial charge in [-0.05, 0) is 66.8 Å². The molecule has 0 bridgehead atoms. The maximum Gasteiger partial charge on any atom is 0.339 e. The summed E-state index contributed by atoms with van der Waals surface area (Å²) in [6, 6.07) is 19.3. The molecule has 150 valence electrons. The van der Waals surface area contributed by atoms with Crippen molar-refractivity contribution >= 4 is 17.6 Å². The second kappa shape index (κ2) is 11.2. The molecule has 0 atom stereocenters. The zero-order chi connectivity index (χ0) is 20.3. The Morgan fingerprint density at radius 1 is 0.862 bits per heavy atom. The number of aryl methyl sites for hydroxylation is 1. The fraction of sp³-hybridized carbons (Fsp3) is 0.250. The van der Waals surface area contributed by atoms with Crippen LogP contribution in [0.15, 0.2) is 73.1 Å². The third kappa shape index (κ3) is 7.24.